The number of carbonyl (C=O) groups is 1. The number of ether oxygens (including phenoxy) is 2. The van der Waals surface area contributed by atoms with Crippen LogP contribution >= 0.6 is 0 Å². The Bertz CT molecular complexity index is 615. The second-order valence-corrected chi connectivity index (χ2v) is 5.14. The van der Waals surface area contributed by atoms with Crippen molar-refractivity contribution in [1.82, 2.24) is 9.38 Å². The zero-order valence-corrected chi connectivity index (χ0v) is 11.5. The smallest absolute Gasteiger partial charge is 0.339 e. The molecule has 0 aliphatic carbocycles. The van der Waals surface area contributed by atoms with E-state index in [1.54, 1.807) is 6.07 Å². The third kappa shape index (κ3) is 2.54. The molecule has 1 fully saturated rings. The van der Waals surface area contributed by atoms with E-state index in [0.717, 1.165) is 43.8 Å². The molecule has 5 nitrogen and oxygen atoms in total. The molecule has 0 atom stereocenters. The number of methoxy groups -OCH3 is 1. The van der Waals surface area contributed by atoms with Crippen LogP contribution in [0.2, 0.25) is 0 Å². The highest BCUT2D eigenvalue weighted by Crippen LogP contribution is 2.20. The zero-order chi connectivity index (χ0) is 13.9. The number of aromatic nitrogens is 2. The minimum Gasteiger partial charge on any atom is -0.465 e. The number of rotatable bonds is 3. The Morgan fingerprint density at radius 1 is 1.45 bits per heavy atom. The third-order valence-electron chi connectivity index (χ3n) is 3.84. The summed E-state index contributed by atoms with van der Waals surface area (Å²) in [6, 6.07) is 3.66. The molecule has 0 radical (unpaired) electrons. The maximum atomic E-state index is 11.6. The Labute approximate surface area is 117 Å². The van der Waals surface area contributed by atoms with Crippen molar-refractivity contribution in [3.8, 4) is 0 Å². The number of carbonyl (C=O) groups excluding carboxylic acids is 1. The third-order valence-corrected chi connectivity index (χ3v) is 3.84. The average Bonchev–Trinajstić information content (AvgIpc) is 2.90. The molecular weight excluding hydrogens is 256 g/mol. The van der Waals surface area contributed by atoms with E-state index in [0.29, 0.717) is 11.5 Å². The lowest BCUT2D eigenvalue weighted by Crippen LogP contribution is -2.18. The summed E-state index contributed by atoms with van der Waals surface area (Å²) in [5, 5.41) is 0. The Balaban J connectivity index is 1.88. The molecule has 2 aromatic heterocycles. The largest absolute Gasteiger partial charge is 0.465 e. The van der Waals surface area contributed by atoms with Crippen LogP contribution in [0.1, 0.15) is 29.0 Å². The molecule has 1 saturated heterocycles. The van der Waals surface area contributed by atoms with Crippen molar-refractivity contribution < 1.29 is 14.3 Å². The molecule has 3 rings (SSSR count). The van der Waals surface area contributed by atoms with Gasteiger partial charge in [-0.25, -0.2) is 9.78 Å². The second-order valence-electron chi connectivity index (χ2n) is 5.14. The highest BCUT2D eigenvalue weighted by molar-refractivity contribution is 5.89. The SMILES string of the molecule is COC(=O)c1ccc2cnc(CC3CCOCC3)n2c1. The van der Waals surface area contributed by atoms with Gasteiger partial charge in [0.1, 0.15) is 5.82 Å². The first-order chi connectivity index (χ1) is 9.78. The lowest BCUT2D eigenvalue weighted by Gasteiger charge is -2.21. The van der Waals surface area contributed by atoms with Crippen molar-refractivity contribution in [3.63, 3.8) is 0 Å². The Hall–Kier alpha value is -1.88. The van der Waals surface area contributed by atoms with Gasteiger partial charge < -0.3 is 13.9 Å². The normalized spacial score (nSPS) is 16.4. The molecule has 106 valence electrons. The van der Waals surface area contributed by atoms with Gasteiger partial charge >= 0.3 is 5.97 Å². The Kier molecular flexibility index (Phi) is 3.69. The lowest BCUT2D eigenvalue weighted by molar-refractivity contribution is 0.0600. The number of esters is 1. The van der Waals surface area contributed by atoms with Crippen molar-refractivity contribution in [2.24, 2.45) is 5.92 Å². The molecule has 20 heavy (non-hydrogen) atoms. The molecule has 0 aromatic carbocycles. The van der Waals surface area contributed by atoms with Crippen molar-refractivity contribution in [2.45, 2.75) is 19.3 Å². The summed E-state index contributed by atoms with van der Waals surface area (Å²) >= 11 is 0. The second kappa shape index (κ2) is 5.63. The first-order valence-corrected chi connectivity index (χ1v) is 6.90. The van der Waals surface area contributed by atoms with Crippen LogP contribution in [-0.4, -0.2) is 35.7 Å². The van der Waals surface area contributed by atoms with E-state index in [4.69, 9.17) is 9.47 Å². The van der Waals surface area contributed by atoms with Crippen molar-refractivity contribution in [2.75, 3.05) is 20.3 Å². The zero-order valence-electron chi connectivity index (χ0n) is 11.5. The quantitative estimate of drug-likeness (QED) is 0.804. The first-order valence-electron chi connectivity index (χ1n) is 6.90. The summed E-state index contributed by atoms with van der Waals surface area (Å²) in [6.07, 6.45) is 6.72. The van der Waals surface area contributed by atoms with Crippen LogP contribution in [-0.2, 0) is 15.9 Å². The fourth-order valence-corrected chi connectivity index (χ4v) is 2.64. The molecule has 0 spiro atoms. The number of fused-ring (bicyclic) bond motifs is 1. The van der Waals surface area contributed by atoms with Crippen LogP contribution < -0.4 is 0 Å². The van der Waals surface area contributed by atoms with E-state index in [2.05, 4.69) is 4.98 Å². The van der Waals surface area contributed by atoms with E-state index >= 15 is 0 Å². The maximum absolute atomic E-state index is 11.6. The summed E-state index contributed by atoms with van der Waals surface area (Å²) in [5.41, 5.74) is 1.55. The van der Waals surface area contributed by atoms with Crippen LogP contribution in [0, 0.1) is 5.92 Å². The van der Waals surface area contributed by atoms with Crippen LogP contribution in [0.3, 0.4) is 0 Å². The van der Waals surface area contributed by atoms with Gasteiger partial charge in [0.25, 0.3) is 0 Å². The van der Waals surface area contributed by atoms with Gasteiger partial charge in [0.2, 0.25) is 0 Å². The number of hydrogen-bond donors (Lipinski definition) is 0. The standard InChI is InChI=1S/C15H18N2O3/c1-19-15(18)12-2-3-13-9-16-14(17(13)10-12)8-11-4-6-20-7-5-11/h2-3,9-11H,4-8H2,1H3. The average molecular weight is 274 g/mol. The monoisotopic (exact) mass is 274 g/mol. The van der Waals surface area contributed by atoms with E-state index in [1.807, 2.05) is 22.9 Å². The molecule has 0 saturated carbocycles. The molecule has 5 heteroatoms. The minimum atomic E-state index is -0.322. The molecular formula is C15H18N2O3. The highest BCUT2D eigenvalue weighted by Gasteiger charge is 2.17. The van der Waals surface area contributed by atoms with E-state index in [-0.39, 0.29) is 5.97 Å². The van der Waals surface area contributed by atoms with Crippen LogP contribution in [0.5, 0.6) is 0 Å². The van der Waals surface area contributed by atoms with Gasteiger partial charge in [-0.05, 0) is 30.9 Å². The van der Waals surface area contributed by atoms with Crippen molar-refractivity contribution in [3.05, 3.63) is 35.9 Å². The van der Waals surface area contributed by atoms with Crippen molar-refractivity contribution in [1.29, 1.82) is 0 Å². The van der Waals surface area contributed by atoms with Gasteiger partial charge in [-0.3, -0.25) is 0 Å². The van der Waals surface area contributed by atoms with Crippen molar-refractivity contribution >= 4 is 11.5 Å². The molecule has 0 amide bonds. The van der Waals surface area contributed by atoms with Gasteiger partial charge in [-0.2, -0.15) is 0 Å². The fourth-order valence-electron chi connectivity index (χ4n) is 2.64. The van der Waals surface area contributed by atoms with E-state index < -0.39 is 0 Å². The van der Waals surface area contributed by atoms with E-state index in [9.17, 15) is 4.79 Å². The fraction of sp³-hybridized carbons (Fsp3) is 0.467. The van der Waals surface area contributed by atoms with Crippen LogP contribution in [0.15, 0.2) is 24.5 Å². The lowest BCUT2D eigenvalue weighted by atomic mass is 9.96. The molecule has 0 unspecified atom stereocenters. The first kappa shape index (κ1) is 13.1. The molecule has 3 heterocycles. The minimum absolute atomic E-state index is 0.322. The van der Waals surface area contributed by atoms with E-state index in [1.165, 1.54) is 7.11 Å². The summed E-state index contributed by atoms with van der Waals surface area (Å²) in [6.45, 7) is 1.67. The molecule has 1 aliphatic heterocycles. The highest BCUT2D eigenvalue weighted by atomic mass is 16.5. The summed E-state index contributed by atoms with van der Waals surface area (Å²) < 4.78 is 12.1. The molecule has 2 aromatic rings. The Morgan fingerprint density at radius 2 is 2.25 bits per heavy atom. The predicted octanol–water partition coefficient (Wildman–Crippen LogP) is 2.09. The maximum Gasteiger partial charge on any atom is 0.339 e. The number of nitrogens with zero attached hydrogens (tertiary/aromatic N) is 2. The predicted molar refractivity (Wildman–Crippen MR) is 73.8 cm³/mol. The van der Waals surface area contributed by atoms with Crippen LogP contribution in [0.25, 0.3) is 5.52 Å². The Morgan fingerprint density at radius 3 is 3.00 bits per heavy atom. The van der Waals surface area contributed by atoms with Gasteiger partial charge in [-0.1, -0.05) is 0 Å². The number of hydrogen-bond acceptors (Lipinski definition) is 4. The summed E-state index contributed by atoms with van der Waals surface area (Å²) in [5.74, 6) is 1.28. The van der Waals surface area contributed by atoms with Gasteiger partial charge in [0.15, 0.2) is 0 Å². The number of pyridine rings is 1. The molecule has 1 aliphatic rings. The summed E-state index contributed by atoms with van der Waals surface area (Å²) in [7, 11) is 1.39. The van der Waals surface area contributed by atoms with Gasteiger partial charge in [0, 0.05) is 25.8 Å². The molecule has 0 bridgehead atoms. The van der Waals surface area contributed by atoms with Crippen LogP contribution in [0.4, 0.5) is 0 Å². The summed E-state index contributed by atoms with van der Waals surface area (Å²) in [4.78, 5) is 16.1. The van der Waals surface area contributed by atoms with Gasteiger partial charge in [0.05, 0.1) is 24.4 Å². The number of imidazole rings is 1. The molecule has 0 N–H and O–H groups in total. The van der Waals surface area contributed by atoms with Gasteiger partial charge in [-0.15, -0.1) is 0 Å². The topological polar surface area (TPSA) is 52.8 Å².